The summed E-state index contributed by atoms with van der Waals surface area (Å²) in [5, 5.41) is 0. The van der Waals surface area contributed by atoms with Crippen molar-refractivity contribution >= 4 is 27.6 Å². The van der Waals surface area contributed by atoms with Crippen LogP contribution < -0.4 is 0 Å². The summed E-state index contributed by atoms with van der Waals surface area (Å²) < 4.78 is 1.19. The summed E-state index contributed by atoms with van der Waals surface area (Å²) >= 11 is 3.66. The number of rotatable bonds is 1. The van der Waals surface area contributed by atoms with Crippen molar-refractivity contribution in [3.63, 3.8) is 0 Å². The summed E-state index contributed by atoms with van der Waals surface area (Å²) in [5.74, 6) is 0.466. The molecule has 0 saturated carbocycles. The number of hydrogen-bond donors (Lipinski definition) is 0. The molecule has 1 aliphatic rings. The zero-order valence-corrected chi connectivity index (χ0v) is 13.1. The first-order valence-corrected chi connectivity index (χ1v) is 7.45. The lowest BCUT2D eigenvalue weighted by atomic mass is 9.89. The largest absolute Gasteiger partial charge is 0.0614 e. The van der Waals surface area contributed by atoms with Gasteiger partial charge in [-0.25, -0.2) is 0 Å². The Morgan fingerprint density at radius 1 is 1.00 bits per heavy atom. The van der Waals surface area contributed by atoms with Crippen molar-refractivity contribution in [2.45, 2.75) is 26.7 Å². The van der Waals surface area contributed by atoms with Crippen molar-refractivity contribution in [3.05, 3.63) is 68.7 Å². The highest BCUT2D eigenvalue weighted by molar-refractivity contribution is 9.10. The molecular weight excluding hydrogens is 296 g/mol. The Morgan fingerprint density at radius 3 is 2.47 bits per heavy atom. The van der Waals surface area contributed by atoms with E-state index in [4.69, 9.17) is 0 Å². The van der Waals surface area contributed by atoms with Crippen LogP contribution in [-0.4, -0.2) is 0 Å². The topological polar surface area (TPSA) is 0 Å². The number of fused-ring (bicyclic) bond motifs is 1. The van der Waals surface area contributed by atoms with Gasteiger partial charge in [0.05, 0.1) is 0 Å². The quantitative estimate of drug-likeness (QED) is 0.631. The van der Waals surface area contributed by atoms with E-state index in [1.54, 1.807) is 0 Å². The Hall–Kier alpha value is -1.34. The number of benzene rings is 2. The molecule has 0 saturated heterocycles. The zero-order valence-electron chi connectivity index (χ0n) is 11.5. The fraction of sp³-hybridized carbons (Fsp3) is 0.222. The van der Waals surface area contributed by atoms with Gasteiger partial charge in [0.2, 0.25) is 0 Å². The van der Waals surface area contributed by atoms with Crippen LogP contribution in [0.15, 0.2) is 40.9 Å². The third-order valence-electron chi connectivity index (χ3n) is 4.24. The zero-order chi connectivity index (χ0) is 13.6. The average Bonchev–Trinajstić information content (AvgIpc) is 2.72. The van der Waals surface area contributed by atoms with Crippen molar-refractivity contribution in [1.82, 2.24) is 0 Å². The molecule has 0 aliphatic heterocycles. The van der Waals surface area contributed by atoms with Gasteiger partial charge >= 0.3 is 0 Å². The Kier molecular flexibility index (Phi) is 3.10. The second kappa shape index (κ2) is 4.64. The second-order valence-corrected chi connectivity index (χ2v) is 6.17. The average molecular weight is 313 g/mol. The number of allylic oxidation sites excluding steroid dienone is 1. The lowest BCUT2D eigenvalue weighted by Crippen LogP contribution is -1.96. The Labute approximate surface area is 123 Å². The molecule has 0 nitrogen and oxygen atoms in total. The third kappa shape index (κ3) is 1.97. The van der Waals surface area contributed by atoms with Crippen molar-refractivity contribution in [3.8, 4) is 0 Å². The highest BCUT2D eigenvalue weighted by Crippen LogP contribution is 2.44. The summed E-state index contributed by atoms with van der Waals surface area (Å²) in [4.78, 5) is 0. The van der Waals surface area contributed by atoms with E-state index in [0.717, 1.165) is 0 Å². The van der Waals surface area contributed by atoms with Gasteiger partial charge in [0.15, 0.2) is 0 Å². The maximum Gasteiger partial charge on any atom is 0.0250 e. The normalized spacial score (nSPS) is 17.3. The highest BCUT2D eigenvalue weighted by atomic mass is 79.9. The Morgan fingerprint density at radius 2 is 1.74 bits per heavy atom. The molecule has 2 aromatic carbocycles. The van der Waals surface area contributed by atoms with E-state index in [9.17, 15) is 0 Å². The molecule has 0 spiro atoms. The predicted octanol–water partition coefficient (Wildman–Crippen LogP) is 5.72. The molecule has 2 aromatic rings. The van der Waals surface area contributed by atoms with Crippen LogP contribution in [0, 0.1) is 13.8 Å². The monoisotopic (exact) mass is 312 g/mol. The van der Waals surface area contributed by atoms with Crippen molar-refractivity contribution in [2.24, 2.45) is 0 Å². The fourth-order valence-corrected chi connectivity index (χ4v) is 3.40. The van der Waals surface area contributed by atoms with Crippen molar-refractivity contribution < 1.29 is 0 Å². The molecule has 1 unspecified atom stereocenters. The van der Waals surface area contributed by atoms with Gasteiger partial charge in [-0.2, -0.15) is 0 Å². The maximum absolute atomic E-state index is 3.66. The molecule has 0 aromatic heterocycles. The van der Waals surface area contributed by atoms with Crippen LogP contribution in [-0.2, 0) is 0 Å². The van der Waals surface area contributed by atoms with E-state index in [0.29, 0.717) is 5.92 Å². The van der Waals surface area contributed by atoms with Crippen molar-refractivity contribution in [2.75, 3.05) is 0 Å². The summed E-state index contributed by atoms with van der Waals surface area (Å²) in [5.41, 5.74) is 8.33. The lowest BCUT2D eigenvalue weighted by molar-refractivity contribution is 1.00. The minimum atomic E-state index is 0.466. The molecule has 1 aliphatic carbocycles. The Bertz CT molecular complexity index is 680. The minimum Gasteiger partial charge on any atom is -0.0614 e. The van der Waals surface area contributed by atoms with Gasteiger partial charge in [0.25, 0.3) is 0 Å². The van der Waals surface area contributed by atoms with E-state index in [2.05, 4.69) is 79.2 Å². The summed E-state index contributed by atoms with van der Waals surface area (Å²) in [6.07, 6.45) is 2.34. The number of halogens is 1. The molecule has 0 radical (unpaired) electrons. The molecule has 19 heavy (non-hydrogen) atoms. The predicted molar refractivity (Wildman–Crippen MR) is 86.3 cm³/mol. The molecular formula is C18H17Br. The first-order valence-electron chi connectivity index (χ1n) is 6.66. The van der Waals surface area contributed by atoms with Crippen LogP contribution in [0.1, 0.15) is 40.7 Å². The molecule has 0 heterocycles. The maximum atomic E-state index is 3.66. The van der Waals surface area contributed by atoms with Crippen LogP contribution in [0.2, 0.25) is 0 Å². The number of aryl methyl sites for hydroxylation is 1. The van der Waals surface area contributed by atoms with Gasteiger partial charge in [-0.05, 0) is 59.4 Å². The van der Waals surface area contributed by atoms with Crippen LogP contribution in [0.3, 0.4) is 0 Å². The van der Waals surface area contributed by atoms with Gasteiger partial charge in [0, 0.05) is 10.4 Å². The lowest BCUT2D eigenvalue weighted by Gasteiger charge is -2.15. The van der Waals surface area contributed by atoms with Crippen LogP contribution in [0.25, 0.3) is 11.6 Å². The molecule has 0 N–H and O–H groups in total. The van der Waals surface area contributed by atoms with E-state index in [-0.39, 0.29) is 0 Å². The third-order valence-corrected chi connectivity index (χ3v) is 4.93. The SMILES string of the molecule is Cc1cccc(C2=Cc3c(Br)cccc3C2C)c1C. The molecule has 0 amide bonds. The van der Waals surface area contributed by atoms with E-state index >= 15 is 0 Å². The van der Waals surface area contributed by atoms with Gasteiger partial charge < -0.3 is 0 Å². The van der Waals surface area contributed by atoms with E-state index in [1.165, 1.54) is 37.9 Å². The molecule has 1 atom stereocenters. The highest BCUT2D eigenvalue weighted by Gasteiger charge is 2.24. The minimum absolute atomic E-state index is 0.466. The van der Waals surface area contributed by atoms with Crippen molar-refractivity contribution in [1.29, 1.82) is 0 Å². The molecule has 3 rings (SSSR count). The van der Waals surface area contributed by atoms with Crippen LogP contribution in [0.4, 0.5) is 0 Å². The van der Waals surface area contributed by atoms with E-state index < -0.39 is 0 Å². The number of hydrogen-bond acceptors (Lipinski definition) is 0. The first-order chi connectivity index (χ1) is 9.09. The second-order valence-electron chi connectivity index (χ2n) is 5.31. The van der Waals surface area contributed by atoms with Gasteiger partial charge in [-0.1, -0.05) is 53.2 Å². The standard InChI is InChI=1S/C18H17Br/c1-11-6-4-7-14(12(11)2)16-10-17-15(13(16)3)8-5-9-18(17)19/h4-10,13H,1-3H3. The Balaban J connectivity index is 2.17. The first kappa shape index (κ1) is 12.7. The molecule has 96 valence electrons. The summed E-state index contributed by atoms with van der Waals surface area (Å²) in [6.45, 7) is 6.70. The summed E-state index contributed by atoms with van der Waals surface area (Å²) in [7, 11) is 0. The van der Waals surface area contributed by atoms with Gasteiger partial charge in [-0.15, -0.1) is 0 Å². The molecule has 0 bridgehead atoms. The fourth-order valence-electron chi connectivity index (χ4n) is 2.91. The smallest absolute Gasteiger partial charge is 0.0250 e. The van der Waals surface area contributed by atoms with Gasteiger partial charge in [-0.3, -0.25) is 0 Å². The molecule has 1 heteroatoms. The van der Waals surface area contributed by atoms with E-state index in [1.807, 2.05) is 0 Å². The molecule has 0 fully saturated rings. The van der Waals surface area contributed by atoms with Crippen LogP contribution >= 0.6 is 15.9 Å². The van der Waals surface area contributed by atoms with Gasteiger partial charge in [0.1, 0.15) is 0 Å². The van der Waals surface area contributed by atoms with Crippen LogP contribution in [0.5, 0.6) is 0 Å². The summed E-state index contributed by atoms with van der Waals surface area (Å²) in [6, 6.07) is 13.1.